The van der Waals surface area contributed by atoms with E-state index in [4.69, 9.17) is 0 Å². The average Bonchev–Trinajstić information content (AvgIpc) is 3.38. The number of carbonyl (C=O) groups is 3. The number of benzene rings is 2. The first-order valence-corrected chi connectivity index (χ1v) is 9.58. The minimum Gasteiger partial charge on any atom is -0.322 e. The van der Waals surface area contributed by atoms with Gasteiger partial charge in [-0.3, -0.25) is 19.3 Å². The van der Waals surface area contributed by atoms with E-state index in [-0.39, 0.29) is 35.4 Å². The number of imide groups is 1. The standard InChI is InChI=1S/C22H19FN2O3/c23-15-5-7-16(8-6-15)24-20(26)12-3-9-17(10-4-12)25-21(27)18-13-1-2-14(11-13)19(18)22(25)28/h3-10,13-14,18-19H,1-2,11H2,(H,24,26)/t13-,14-,18+,19+/m1/s1. The lowest BCUT2D eigenvalue weighted by molar-refractivity contribution is -0.123. The normalized spacial score (nSPS) is 28.0. The van der Waals surface area contributed by atoms with E-state index >= 15 is 0 Å². The van der Waals surface area contributed by atoms with Crippen molar-refractivity contribution in [3.8, 4) is 0 Å². The Bertz CT molecular complexity index is 942. The Hall–Kier alpha value is -3.02. The molecule has 6 heteroatoms. The molecule has 3 fully saturated rings. The van der Waals surface area contributed by atoms with Crippen LogP contribution in [0.4, 0.5) is 15.8 Å². The summed E-state index contributed by atoms with van der Waals surface area (Å²) in [4.78, 5) is 39.4. The SMILES string of the molecule is O=C(Nc1ccc(F)cc1)c1ccc(N2C(=O)[C@H]3[C@@H]4CC[C@H](C4)[C@@H]3C2=O)cc1. The zero-order valence-electron chi connectivity index (χ0n) is 15.1. The van der Waals surface area contributed by atoms with E-state index in [0.717, 1.165) is 19.3 Å². The molecule has 2 aromatic rings. The molecule has 0 aromatic heterocycles. The van der Waals surface area contributed by atoms with Crippen LogP contribution in [0, 0.1) is 29.5 Å². The molecule has 1 saturated heterocycles. The second kappa shape index (κ2) is 6.26. The van der Waals surface area contributed by atoms with E-state index in [0.29, 0.717) is 28.8 Å². The highest BCUT2D eigenvalue weighted by atomic mass is 19.1. The topological polar surface area (TPSA) is 66.5 Å². The third-order valence-corrected chi connectivity index (χ3v) is 6.42. The van der Waals surface area contributed by atoms with Crippen molar-refractivity contribution in [3.05, 3.63) is 59.9 Å². The average molecular weight is 378 g/mol. The highest BCUT2D eigenvalue weighted by Crippen LogP contribution is 2.56. The van der Waals surface area contributed by atoms with Gasteiger partial charge >= 0.3 is 0 Å². The maximum absolute atomic E-state index is 13.0. The fraction of sp³-hybridized carbons (Fsp3) is 0.318. The maximum Gasteiger partial charge on any atom is 0.255 e. The van der Waals surface area contributed by atoms with Gasteiger partial charge in [0, 0.05) is 11.3 Å². The Morgan fingerprint density at radius 2 is 1.46 bits per heavy atom. The fourth-order valence-electron chi connectivity index (χ4n) is 5.16. The van der Waals surface area contributed by atoms with Gasteiger partial charge in [0.15, 0.2) is 0 Å². The molecule has 5 nitrogen and oxygen atoms in total. The predicted molar refractivity (Wildman–Crippen MR) is 101 cm³/mol. The van der Waals surface area contributed by atoms with Gasteiger partial charge < -0.3 is 5.32 Å². The third-order valence-electron chi connectivity index (χ3n) is 6.42. The van der Waals surface area contributed by atoms with Crippen LogP contribution >= 0.6 is 0 Å². The van der Waals surface area contributed by atoms with Crippen LogP contribution in [0.5, 0.6) is 0 Å². The molecular formula is C22H19FN2O3. The smallest absolute Gasteiger partial charge is 0.255 e. The molecule has 1 heterocycles. The fourth-order valence-corrected chi connectivity index (χ4v) is 5.16. The van der Waals surface area contributed by atoms with Crippen LogP contribution in [0.1, 0.15) is 29.6 Å². The van der Waals surface area contributed by atoms with Crippen molar-refractivity contribution in [1.82, 2.24) is 0 Å². The van der Waals surface area contributed by atoms with E-state index in [1.165, 1.54) is 29.2 Å². The van der Waals surface area contributed by atoms with Crippen molar-refractivity contribution in [2.24, 2.45) is 23.7 Å². The van der Waals surface area contributed by atoms with Gasteiger partial charge in [0.05, 0.1) is 17.5 Å². The third kappa shape index (κ3) is 2.55. The van der Waals surface area contributed by atoms with E-state index < -0.39 is 0 Å². The summed E-state index contributed by atoms with van der Waals surface area (Å²) >= 11 is 0. The van der Waals surface area contributed by atoms with Gasteiger partial charge in [-0.2, -0.15) is 0 Å². The van der Waals surface area contributed by atoms with Crippen molar-refractivity contribution < 1.29 is 18.8 Å². The molecule has 0 radical (unpaired) electrons. The van der Waals surface area contributed by atoms with Gasteiger partial charge in [-0.1, -0.05) is 0 Å². The number of halogens is 1. The number of hydrogen-bond donors (Lipinski definition) is 1. The molecular weight excluding hydrogens is 359 g/mol. The predicted octanol–water partition coefficient (Wildman–Crippen LogP) is 3.61. The molecule has 2 aliphatic carbocycles. The van der Waals surface area contributed by atoms with Crippen LogP contribution in [0.2, 0.25) is 0 Å². The lowest BCUT2D eigenvalue weighted by Gasteiger charge is -2.19. The van der Waals surface area contributed by atoms with Crippen LogP contribution in [0.3, 0.4) is 0 Å². The van der Waals surface area contributed by atoms with E-state index in [2.05, 4.69) is 5.32 Å². The van der Waals surface area contributed by atoms with Gasteiger partial charge in [0.25, 0.3) is 5.91 Å². The monoisotopic (exact) mass is 378 g/mol. The lowest BCUT2D eigenvalue weighted by atomic mass is 9.81. The molecule has 28 heavy (non-hydrogen) atoms. The molecule has 0 unspecified atom stereocenters. The van der Waals surface area contributed by atoms with Crippen molar-refractivity contribution in [2.45, 2.75) is 19.3 Å². The first kappa shape index (κ1) is 17.1. The molecule has 1 N–H and O–H groups in total. The summed E-state index contributed by atoms with van der Waals surface area (Å²) in [6, 6.07) is 12.0. The zero-order valence-corrected chi connectivity index (χ0v) is 15.1. The van der Waals surface area contributed by atoms with Crippen LogP contribution in [-0.4, -0.2) is 17.7 Å². The number of hydrogen-bond acceptors (Lipinski definition) is 3. The molecule has 5 rings (SSSR count). The summed E-state index contributed by atoms with van der Waals surface area (Å²) in [6.07, 6.45) is 3.09. The number of nitrogens with zero attached hydrogens (tertiary/aromatic N) is 1. The summed E-state index contributed by atoms with van der Waals surface area (Å²) < 4.78 is 13.0. The van der Waals surface area contributed by atoms with Crippen LogP contribution in [0.15, 0.2) is 48.5 Å². The molecule has 142 valence electrons. The van der Waals surface area contributed by atoms with Gasteiger partial charge in [0.2, 0.25) is 11.8 Å². The Morgan fingerprint density at radius 3 is 2.04 bits per heavy atom. The van der Waals surface area contributed by atoms with Crippen LogP contribution in [0.25, 0.3) is 0 Å². The summed E-state index contributed by atoms with van der Waals surface area (Å²) in [5, 5.41) is 2.69. The second-order valence-corrected chi connectivity index (χ2v) is 7.90. The van der Waals surface area contributed by atoms with Gasteiger partial charge in [0.1, 0.15) is 5.82 Å². The lowest BCUT2D eigenvalue weighted by Crippen LogP contribution is -2.32. The van der Waals surface area contributed by atoms with Crippen molar-refractivity contribution in [1.29, 1.82) is 0 Å². The highest BCUT2D eigenvalue weighted by molar-refractivity contribution is 6.22. The number of carbonyl (C=O) groups excluding carboxylic acids is 3. The molecule has 3 amide bonds. The second-order valence-electron chi connectivity index (χ2n) is 7.90. The van der Waals surface area contributed by atoms with Crippen molar-refractivity contribution in [3.63, 3.8) is 0 Å². The highest BCUT2D eigenvalue weighted by Gasteiger charge is 2.61. The number of amides is 3. The molecule has 3 aliphatic rings. The Balaban J connectivity index is 1.34. The Labute approximate surface area is 161 Å². The van der Waals surface area contributed by atoms with E-state index in [9.17, 15) is 18.8 Å². The maximum atomic E-state index is 13.0. The van der Waals surface area contributed by atoms with Gasteiger partial charge in [-0.05, 0) is 79.6 Å². The van der Waals surface area contributed by atoms with Crippen LogP contribution < -0.4 is 10.2 Å². The minimum absolute atomic E-state index is 0.0919. The summed E-state index contributed by atoms with van der Waals surface area (Å²) in [7, 11) is 0. The minimum atomic E-state index is -0.375. The summed E-state index contributed by atoms with van der Waals surface area (Å²) in [6.45, 7) is 0. The molecule has 2 aromatic carbocycles. The molecule has 1 aliphatic heterocycles. The first-order valence-electron chi connectivity index (χ1n) is 9.58. The summed E-state index contributed by atoms with van der Waals surface area (Å²) in [5.41, 5.74) is 1.40. The van der Waals surface area contributed by atoms with Crippen molar-refractivity contribution >= 4 is 29.1 Å². The molecule has 2 saturated carbocycles. The van der Waals surface area contributed by atoms with E-state index in [1.807, 2.05) is 0 Å². The largest absolute Gasteiger partial charge is 0.322 e. The number of nitrogens with one attached hydrogen (secondary N) is 1. The number of fused-ring (bicyclic) bond motifs is 5. The molecule has 0 spiro atoms. The van der Waals surface area contributed by atoms with E-state index in [1.54, 1.807) is 24.3 Å². The van der Waals surface area contributed by atoms with Gasteiger partial charge in [-0.25, -0.2) is 4.39 Å². The Morgan fingerprint density at radius 1 is 0.893 bits per heavy atom. The first-order chi connectivity index (χ1) is 13.5. The molecule has 4 atom stereocenters. The van der Waals surface area contributed by atoms with Gasteiger partial charge in [-0.15, -0.1) is 0 Å². The Kier molecular flexibility index (Phi) is 3.82. The van der Waals surface area contributed by atoms with Crippen LogP contribution in [-0.2, 0) is 9.59 Å². The van der Waals surface area contributed by atoms with Crippen molar-refractivity contribution in [2.75, 3.05) is 10.2 Å². The summed E-state index contributed by atoms with van der Waals surface area (Å²) in [5.74, 6) is -0.529. The molecule has 2 bridgehead atoms. The number of anilines is 2. The number of rotatable bonds is 3. The zero-order chi connectivity index (χ0) is 19.4. The quantitative estimate of drug-likeness (QED) is 0.830.